The Kier molecular flexibility index (Phi) is 11.3. The minimum atomic E-state index is -0.483. The van der Waals surface area contributed by atoms with Gasteiger partial charge in [0, 0.05) is 30.4 Å². The highest BCUT2D eigenvalue weighted by Gasteiger charge is 2.19. The molecule has 2 heterocycles. The Morgan fingerprint density at radius 2 is 1.97 bits per heavy atom. The fourth-order valence-electron chi connectivity index (χ4n) is 5.29. The van der Waals surface area contributed by atoms with Crippen LogP contribution in [0.15, 0.2) is 30.5 Å². The number of hydrogen-bond donors (Lipinski definition) is 3. The summed E-state index contributed by atoms with van der Waals surface area (Å²) >= 11 is 0. The molecule has 2 aliphatic rings. The minimum Gasteiger partial charge on any atom is -0.504 e. The second-order valence-electron chi connectivity index (χ2n) is 11.0. The molecule has 3 atom stereocenters. The number of nitrogens with one attached hydrogen (secondary N) is 1. The molecule has 212 valence electrons. The van der Waals surface area contributed by atoms with Crippen LogP contribution in [0.2, 0.25) is 0 Å². The Hall–Kier alpha value is -2.79. The Labute approximate surface area is 233 Å². The van der Waals surface area contributed by atoms with Gasteiger partial charge in [0.1, 0.15) is 12.5 Å². The van der Waals surface area contributed by atoms with Gasteiger partial charge >= 0.3 is 0 Å². The summed E-state index contributed by atoms with van der Waals surface area (Å²) in [6.07, 6.45) is 12.0. The molecular weight excluding hydrogens is 492 g/mol. The molecule has 3 N–H and O–H groups in total. The number of aryl methyl sites for hydroxylation is 1. The molecule has 0 spiro atoms. The molecule has 1 fully saturated rings. The van der Waals surface area contributed by atoms with Crippen molar-refractivity contribution in [3.05, 3.63) is 47.2 Å². The van der Waals surface area contributed by atoms with E-state index in [1.807, 2.05) is 24.4 Å². The molecule has 1 aliphatic carbocycles. The first-order valence-electron chi connectivity index (χ1n) is 14.5. The molecule has 0 radical (unpaired) electrons. The Bertz CT molecular complexity index is 1110. The van der Waals surface area contributed by atoms with Gasteiger partial charge in [0.25, 0.3) is 0 Å². The standard InChI is InChI=1S/C32H44N2O5/c1-23-7-6-10-29(38-21-26-20-33-32(34-22-37-2)18-25(26)14-11-23)19-27(35)15-12-24-13-16-30(36)31(17-24)39-28-8-4-3-5-9-28/h13,16-18,20,23,27-29,35-36H,3-10,12,15,19,21-22H2,1-2H3,(H,33,34)/t23-,27-,29+/m1/s1. The zero-order chi connectivity index (χ0) is 27.5. The topological polar surface area (TPSA) is 93.1 Å². The van der Waals surface area contributed by atoms with Gasteiger partial charge in [-0.3, -0.25) is 0 Å². The van der Waals surface area contributed by atoms with Crippen molar-refractivity contribution in [2.45, 2.75) is 102 Å². The van der Waals surface area contributed by atoms with Crippen LogP contribution in [0.25, 0.3) is 0 Å². The zero-order valence-electron chi connectivity index (χ0n) is 23.5. The second-order valence-corrected chi connectivity index (χ2v) is 11.0. The van der Waals surface area contributed by atoms with E-state index in [-0.39, 0.29) is 23.9 Å². The van der Waals surface area contributed by atoms with Crippen LogP contribution >= 0.6 is 0 Å². The highest BCUT2D eigenvalue weighted by molar-refractivity contribution is 5.49. The molecule has 7 heteroatoms. The van der Waals surface area contributed by atoms with E-state index in [4.69, 9.17) is 14.2 Å². The van der Waals surface area contributed by atoms with Crippen LogP contribution in [-0.4, -0.2) is 47.3 Å². The van der Waals surface area contributed by atoms with Crippen molar-refractivity contribution in [2.24, 2.45) is 5.92 Å². The van der Waals surface area contributed by atoms with Crippen molar-refractivity contribution < 1.29 is 24.4 Å². The maximum absolute atomic E-state index is 10.9. The summed E-state index contributed by atoms with van der Waals surface area (Å²) in [5, 5.41) is 24.4. The van der Waals surface area contributed by atoms with Gasteiger partial charge < -0.3 is 29.7 Å². The first-order chi connectivity index (χ1) is 19.0. The summed E-state index contributed by atoms with van der Waals surface area (Å²) in [6.45, 7) is 2.95. The number of fused-ring (bicyclic) bond motifs is 1. The number of aromatic hydroxyl groups is 1. The summed E-state index contributed by atoms with van der Waals surface area (Å²) in [6, 6.07) is 7.50. The molecule has 7 nitrogen and oxygen atoms in total. The summed E-state index contributed by atoms with van der Waals surface area (Å²) in [5.41, 5.74) is 2.92. The van der Waals surface area contributed by atoms with Crippen LogP contribution in [0.1, 0.15) is 87.8 Å². The number of aliphatic hydroxyl groups excluding tert-OH is 1. The predicted molar refractivity (Wildman–Crippen MR) is 153 cm³/mol. The molecule has 1 saturated carbocycles. The van der Waals surface area contributed by atoms with Gasteiger partial charge in [-0.1, -0.05) is 31.3 Å². The molecule has 1 aromatic heterocycles. The molecule has 0 amide bonds. The number of phenolic OH excluding ortho intramolecular Hbond substituents is 1. The normalized spacial score (nSPS) is 21.1. The van der Waals surface area contributed by atoms with Gasteiger partial charge in [0.15, 0.2) is 11.5 Å². The van der Waals surface area contributed by atoms with Gasteiger partial charge in [-0.05, 0) is 88.0 Å². The maximum Gasteiger partial charge on any atom is 0.161 e. The Morgan fingerprint density at radius 1 is 1.13 bits per heavy atom. The van der Waals surface area contributed by atoms with E-state index in [1.165, 1.54) is 19.3 Å². The first-order valence-corrected chi connectivity index (χ1v) is 14.5. The molecule has 39 heavy (non-hydrogen) atoms. The molecular formula is C32H44N2O5. The van der Waals surface area contributed by atoms with Crippen LogP contribution in [0.3, 0.4) is 0 Å². The number of methoxy groups -OCH3 is 1. The van der Waals surface area contributed by atoms with Crippen molar-refractivity contribution in [3.63, 3.8) is 0 Å². The van der Waals surface area contributed by atoms with Crippen molar-refractivity contribution in [3.8, 4) is 23.3 Å². The molecule has 1 aromatic carbocycles. The summed E-state index contributed by atoms with van der Waals surface area (Å²) in [5.74, 6) is 8.46. The van der Waals surface area contributed by atoms with Crippen LogP contribution in [0, 0.1) is 17.8 Å². The lowest BCUT2D eigenvalue weighted by atomic mass is 9.97. The number of anilines is 1. The molecule has 2 aromatic rings. The van der Waals surface area contributed by atoms with E-state index in [2.05, 4.69) is 29.1 Å². The molecule has 4 rings (SSSR count). The quantitative estimate of drug-likeness (QED) is 0.255. The minimum absolute atomic E-state index is 0.0468. The largest absolute Gasteiger partial charge is 0.504 e. The average molecular weight is 537 g/mol. The van der Waals surface area contributed by atoms with Crippen molar-refractivity contribution in [1.82, 2.24) is 4.98 Å². The van der Waals surface area contributed by atoms with Gasteiger partial charge in [-0.15, -0.1) is 0 Å². The molecule has 1 aliphatic heterocycles. The number of rotatable bonds is 10. The average Bonchev–Trinajstić information content (AvgIpc) is 2.97. The van der Waals surface area contributed by atoms with Gasteiger partial charge in [0.05, 0.1) is 24.9 Å². The number of nitrogens with zero attached hydrogens (tertiary/aromatic N) is 1. The number of aliphatic hydroxyl groups is 1. The monoisotopic (exact) mass is 536 g/mol. The van der Waals surface area contributed by atoms with Gasteiger partial charge in [0.2, 0.25) is 0 Å². The number of pyridine rings is 1. The fraction of sp³-hybridized carbons (Fsp3) is 0.594. The SMILES string of the molecule is COCNc1cc2c(cn1)CO[C@H](C[C@H](O)CCc1ccc(O)c(OC3CCCCC3)c1)CCC[C@@H](C)C#C2. The summed E-state index contributed by atoms with van der Waals surface area (Å²) in [7, 11) is 1.64. The lowest BCUT2D eigenvalue weighted by Crippen LogP contribution is -2.22. The fourth-order valence-corrected chi connectivity index (χ4v) is 5.29. The lowest BCUT2D eigenvalue weighted by molar-refractivity contribution is -0.00375. The van der Waals surface area contributed by atoms with Crippen LogP contribution < -0.4 is 10.1 Å². The molecule has 0 bridgehead atoms. The third-order valence-electron chi connectivity index (χ3n) is 7.65. The van der Waals surface area contributed by atoms with E-state index in [0.29, 0.717) is 38.3 Å². The highest BCUT2D eigenvalue weighted by atomic mass is 16.5. The maximum atomic E-state index is 10.9. The summed E-state index contributed by atoms with van der Waals surface area (Å²) < 4.78 is 17.5. The third kappa shape index (κ3) is 9.42. The van der Waals surface area contributed by atoms with Crippen LogP contribution in [0.4, 0.5) is 5.82 Å². The Morgan fingerprint density at radius 3 is 2.79 bits per heavy atom. The molecule has 0 unspecified atom stereocenters. The second kappa shape index (κ2) is 15.1. The molecule has 0 saturated heterocycles. The number of aromatic nitrogens is 1. The van der Waals surface area contributed by atoms with E-state index >= 15 is 0 Å². The predicted octanol–water partition coefficient (Wildman–Crippen LogP) is 5.96. The number of ether oxygens (including phenoxy) is 3. The number of benzene rings is 1. The van der Waals surface area contributed by atoms with Crippen LogP contribution in [0.5, 0.6) is 11.5 Å². The number of phenols is 1. The van der Waals surface area contributed by atoms with Crippen molar-refractivity contribution >= 4 is 5.82 Å². The van der Waals surface area contributed by atoms with Crippen molar-refractivity contribution in [1.29, 1.82) is 0 Å². The zero-order valence-corrected chi connectivity index (χ0v) is 23.5. The highest BCUT2D eigenvalue weighted by Crippen LogP contribution is 2.32. The number of hydrogen-bond acceptors (Lipinski definition) is 7. The summed E-state index contributed by atoms with van der Waals surface area (Å²) in [4.78, 5) is 4.48. The van der Waals surface area contributed by atoms with Crippen LogP contribution in [-0.2, 0) is 22.5 Å². The van der Waals surface area contributed by atoms with Gasteiger partial charge in [-0.25, -0.2) is 4.98 Å². The Balaban J connectivity index is 1.33. The van der Waals surface area contributed by atoms with Gasteiger partial charge in [-0.2, -0.15) is 0 Å². The van der Waals surface area contributed by atoms with Crippen molar-refractivity contribution in [2.75, 3.05) is 19.2 Å². The smallest absolute Gasteiger partial charge is 0.161 e. The van der Waals surface area contributed by atoms with E-state index in [1.54, 1.807) is 13.2 Å². The van der Waals surface area contributed by atoms with E-state index in [0.717, 1.165) is 54.6 Å². The lowest BCUT2D eigenvalue weighted by Gasteiger charge is -2.24. The van der Waals surface area contributed by atoms with E-state index < -0.39 is 6.10 Å². The van der Waals surface area contributed by atoms with E-state index in [9.17, 15) is 10.2 Å². The first kappa shape index (κ1) is 29.2. The third-order valence-corrected chi connectivity index (χ3v) is 7.65.